The molecule has 0 radical (unpaired) electrons. The molecule has 0 heterocycles. The van der Waals surface area contributed by atoms with E-state index in [0.29, 0.717) is 18.5 Å². The second-order valence-electron chi connectivity index (χ2n) is 7.20. The molecule has 1 atom stereocenters. The van der Waals surface area contributed by atoms with Crippen LogP contribution in [0.25, 0.3) is 0 Å². The third-order valence-electron chi connectivity index (χ3n) is 4.97. The first-order chi connectivity index (χ1) is 14.0. The lowest BCUT2D eigenvalue weighted by Crippen LogP contribution is -2.48. The molecule has 0 fully saturated rings. The number of hydrogen-bond acceptors (Lipinski definition) is 2. The standard InChI is InChI=1S/C25H26N2O2/c1-19-11-9-10-16-22(19)18-27(2)25(29)23(17-20-12-5-3-6-13-20)26-24(28)21-14-7-4-8-15-21/h3-16,23H,17-18H2,1-2H3,(H,26,28). The topological polar surface area (TPSA) is 49.4 Å². The molecular formula is C25H26N2O2. The summed E-state index contributed by atoms with van der Waals surface area (Å²) < 4.78 is 0. The number of rotatable bonds is 7. The van der Waals surface area contributed by atoms with E-state index in [0.717, 1.165) is 16.7 Å². The highest BCUT2D eigenvalue weighted by Gasteiger charge is 2.25. The number of nitrogens with one attached hydrogen (secondary N) is 1. The minimum Gasteiger partial charge on any atom is -0.340 e. The summed E-state index contributed by atoms with van der Waals surface area (Å²) in [4.78, 5) is 27.6. The molecule has 0 aliphatic rings. The first-order valence-electron chi connectivity index (χ1n) is 9.74. The summed E-state index contributed by atoms with van der Waals surface area (Å²) in [5.41, 5.74) is 3.78. The molecule has 1 unspecified atom stereocenters. The zero-order valence-corrected chi connectivity index (χ0v) is 16.8. The van der Waals surface area contributed by atoms with Crippen LogP contribution < -0.4 is 5.32 Å². The molecule has 29 heavy (non-hydrogen) atoms. The molecule has 4 nitrogen and oxygen atoms in total. The van der Waals surface area contributed by atoms with Gasteiger partial charge in [0.25, 0.3) is 5.91 Å². The number of amides is 2. The molecule has 3 aromatic rings. The van der Waals surface area contributed by atoms with Crippen molar-refractivity contribution < 1.29 is 9.59 Å². The molecule has 0 spiro atoms. The quantitative estimate of drug-likeness (QED) is 0.667. The van der Waals surface area contributed by atoms with Crippen molar-refractivity contribution in [1.82, 2.24) is 10.2 Å². The van der Waals surface area contributed by atoms with Crippen LogP contribution in [-0.4, -0.2) is 29.8 Å². The Morgan fingerprint density at radius 2 is 1.45 bits per heavy atom. The fourth-order valence-corrected chi connectivity index (χ4v) is 3.27. The Hall–Kier alpha value is -3.40. The number of carbonyl (C=O) groups is 2. The largest absolute Gasteiger partial charge is 0.340 e. The van der Waals surface area contributed by atoms with Crippen molar-refractivity contribution in [3.8, 4) is 0 Å². The fraction of sp³-hybridized carbons (Fsp3) is 0.200. The highest BCUT2D eigenvalue weighted by atomic mass is 16.2. The van der Waals surface area contributed by atoms with Gasteiger partial charge in [0.1, 0.15) is 6.04 Å². The van der Waals surface area contributed by atoms with Crippen LogP contribution in [0.4, 0.5) is 0 Å². The van der Waals surface area contributed by atoms with Crippen molar-refractivity contribution in [2.45, 2.75) is 25.9 Å². The molecule has 0 aliphatic carbocycles. The maximum Gasteiger partial charge on any atom is 0.251 e. The number of benzene rings is 3. The van der Waals surface area contributed by atoms with Crippen molar-refractivity contribution in [3.05, 3.63) is 107 Å². The van der Waals surface area contributed by atoms with Gasteiger partial charge in [-0.2, -0.15) is 0 Å². The Morgan fingerprint density at radius 3 is 2.10 bits per heavy atom. The normalized spacial score (nSPS) is 11.5. The second kappa shape index (κ2) is 9.69. The van der Waals surface area contributed by atoms with Gasteiger partial charge in [0.05, 0.1) is 0 Å². The van der Waals surface area contributed by atoms with Crippen molar-refractivity contribution in [2.75, 3.05) is 7.05 Å². The van der Waals surface area contributed by atoms with E-state index in [-0.39, 0.29) is 11.8 Å². The lowest BCUT2D eigenvalue weighted by molar-refractivity contribution is -0.132. The number of carbonyl (C=O) groups excluding carboxylic acids is 2. The summed E-state index contributed by atoms with van der Waals surface area (Å²) >= 11 is 0. The third-order valence-corrected chi connectivity index (χ3v) is 4.97. The van der Waals surface area contributed by atoms with Gasteiger partial charge in [-0.05, 0) is 35.7 Å². The zero-order chi connectivity index (χ0) is 20.6. The highest BCUT2D eigenvalue weighted by molar-refractivity contribution is 5.97. The van der Waals surface area contributed by atoms with E-state index in [1.54, 1.807) is 24.1 Å². The van der Waals surface area contributed by atoms with Crippen LogP contribution in [0.2, 0.25) is 0 Å². The molecule has 0 saturated heterocycles. The number of aryl methyl sites for hydroxylation is 1. The van der Waals surface area contributed by atoms with Crippen LogP contribution in [0, 0.1) is 6.92 Å². The van der Waals surface area contributed by atoms with E-state index in [4.69, 9.17) is 0 Å². The predicted molar refractivity (Wildman–Crippen MR) is 115 cm³/mol. The van der Waals surface area contributed by atoms with Gasteiger partial charge in [0.2, 0.25) is 5.91 Å². The van der Waals surface area contributed by atoms with E-state index in [2.05, 4.69) is 5.32 Å². The monoisotopic (exact) mass is 386 g/mol. The molecule has 1 N–H and O–H groups in total. The van der Waals surface area contributed by atoms with E-state index >= 15 is 0 Å². The van der Waals surface area contributed by atoms with E-state index in [1.165, 1.54) is 0 Å². The second-order valence-corrected chi connectivity index (χ2v) is 7.20. The zero-order valence-electron chi connectivity index (χ0n) is 16.8. The van der Waals surface area contributed by atoms with Gasteiger partial charge in [-0.25, -0.2) is 0 Å². The average Bonchev–Trinajstić information content (AvgIpc) is 2.75. The van der Waals surface area contributed by atoms with Crippen LogP contribution in [0.3, 0.4) is 0 Å². The summed E-state index contributed by atoms with van der Waals surface area (Å²) in [5.74, 6) is -0.356. The Bertz CT molecular complexity index is 955. The molecule has 0 saturated carbocycles. The lowest BCUT2D eigenvalue weighted by atomic mass is 10.0. The van der Waals surface area contributed by atoms with Crippen molar-refractivity contribution >= 4 is 11.8 Å². The SMILES string of the molecule is Cc1ccccc1CN(C)C(=O)C(Cc1ccccc1)NC(=O)c1ccccc1. The van der Waals surface area contributed by atoms with E-state index < -0.39 is 6.04 Å². The number of nitrogens with zero attached hydrogens (tertiary/aromatic N) is 1. The molecule has 0 bridgehead atoms. The van der Waals surface area contributed by atoms with Crippen molar-refractivity contribution in [2.24, 2.45) is 0 Å². The molecular weight excluding hydrogens is 360 g/mol. The Labute approximate surface area is 172 Å². The lowest BCUT2D eigenvalue weighted by Gasteiger charge is -2.25. The molecule has 148 valence electrons. The number of hydrogen-bond donors (Lipinski definition) is 1. The van der Waals surface area contributed by atoms with Gasteiger partial charge in [0.15, 0.2) is 0 Å². The van der Waals surface area contributed by atoms with Gasteiger partial charge in [-0.1, -0.05) is 72.8 Å². The molecule has 4 heteroatoms. The highest BCUT2D eigenvalue weighted by Crippen LogP contribution is 2.12. The van der Waals surface area contributed by atoms with E-state index in [1.807, 2.05) is 79.7 Å². The first kappa shape index (κ1) is 20.3. The van der Waals surface area contributed by atoms with Gasteiger partial charge in [0, 0.05) is 25.6 Å². The maximum atomic E-state index is 13.2. The van der Waals surface area contributed by atoms with Crippen LogP contribution in [0.15, 0.2) is 84.9 Å². The summed E-state index contributed by atoms with van der Waals surface area (Å²) in [5, 5.41) is 2.93. The Balaban J connectivity index is 1.78. The molecule has 0 aliphatic heterocycles. The first-order valence-corrected chi connectivity index (χ1v) is 9.74. The fourth-order valence-electron chi connectivity index (χ4n) is 3.27. The molecule has 0 aromatic heterocycles. The van der Waals surface area contributed by atoms with Gasteiger partial charge in [-0.15, -0.1) is 0 Å². The van der Waals surface area contributed by atoms with Crippen molar-refractivity contribution in [1.29, 1.82) is 0 Å². The van der Waals surface area contributed by atoms with Gasteiger partial charge >= 0.3 is 0 Å². The number of likely N-dealkylation sites (N-methyl/N-ethyl adjacent to an activating group) is 1. The summed E-state index contributed by atoms with van der Waals surface area (Å²) in [6.07, 6.45) is 0.441. The molecule has 3 rings (SSSR count). The predicted octanol–water partition coefficient (Wildman–Crippen LogP) is 3.99. The van der Waals surface area contributed by atoms with Crippen LogP contribution in [0.1, 0.15) is 27.0 Å². The Kier molecular flexibility index (Phi) is 6.80. The minimum absolute atomic E-state index is 0.110. The van der Waals surface area contributed by atoms with Crippen LogP contribution >= 0.6 is 0 Å². The summed E-state index contributed by atoms with van der Waals surface area (Å²) in [6, 6.07) is 26.1. The maximum absolute atomic E-state index is 13.2. The molecule has 3 aromatic carbocycles. The Morgan fingerprint density at radius 1 is 0.862 bits per heavy atom. The van der Waals surface area contributed by atoms with Crippen LogP contribution in [0.5, 0.6) is 0 Å². The van der Waals surface area contributed by atoms with Gasteiger partial charge < -0.3 is 10.2 Å². The van der Waals surface area contributed by atoms with Crippen LogP contribution in [-0.2, 0) is 17.8 Å². The van der Waals surface area contributed by atoms with Crippen molar-refractivity contribution in [3.63, 3.8) is 0 Å². The third kappa shape index (κ3) is 5.55. The average molecular weight is 386 g/mol. The summed E-state index contributed by atoms with van der Waals surface area (Å²) in [6.45, 7) is 2.53. The van der Waals surface area contributed by atoms with Gasteiger partial charge in [-0.3, -0.25) is 9.59 Å². The van der Waals surface area contributed by atoms with E-state index in [9.17, 15) is 9.59 Å². The molecule has 2 amide bonds. The minimum atomic E-state index is -0.640. The summed E-state index contributed by atoms with van der Waals surface area (Å²) in [7, 11) is 1.78. The smallest absolute Gasteiger partial charge is 0.251 e.